The van der Waals surface area contributed by atoms with Crippen molar-refractivity contribution in [1.82, 2.24) is 15.0 Å². The first-order valence-corrected chi connectivity index (χ1v) is 4.99. The molecule has 1 aromatic heterocycles. The molecule has 2 aromatic rings. The zero-order chi connectivity index (χ0) is 10.7. The average molecular weight is 203 g/mol. The molecular formula is C11H13N3O. The van der Waals surface area contributed by atoms with E-state index in [1.165, 1.54) is 0 Å². The number of phenols is 1. The van der Waals surface area contributed by atoms with E-state index in [2.05, 4.69) is 17.2 Å². The quantitative estimate of drug-likeness (QED) is 0.830. The van der Waals surface area contributed by atoms with Crippen LogP contribution in [-0.4, -0.2) is 20.1 Å². The van der Waals surface area contributed by atoms with Gasteiger partial charge in [-0.3, -0.25) is 0 Å². The van der Waals surface area contributed by atoms with Crippen LogP contribution in [0.3, 0.4) is 0 Å². The molecule has 4 heteroatoms. The van der Waals surface area contributed by atoms with Gasteiger partial charge in [0, 0.05) is 12.1 Å². The lowest BCUT2D eigenvalue weighted by Gasteiger charge is -2.05. The molecule has 1 aromatic carbocycles. The van der Waals surface area contributed by atoms with E-state index in [1.54, 1.807) is 23.0 Å². The van der Waals surface area contributed by atoms with Gasteiger partial charge in [0.15, 0.2) is 0 Å². The number of benzene rings is 1. The van der Waals surface area contributed by atoms with E-state index in [4.69, 9.17) is 0 Å². The monoisotopic (exact) mass is 203 g/mol. The highest BCUT2D eigenvalue weighted by molar-refractivity contribution is 5.65. The summed E-state index contributed by atoms with van der Waals surface area (Å²) >= 11 is 0. The Hall–Kier alpha value is -1.84. The van der Waals surface area contributed by atoms with E-state index in [1.807, 2.05) is 12.1 Å². The number of aryl methyl sites for hydroxylation is 1. The van der Waals surface area contributed by atoms with Crippen molar-refractivity contribution in [3.8, 4) is 17.0 Å². The molecule has 1 N–H and O–H groups in total. The molecule has 0 aliphatic rings. The predicted molar refractivity (Wildman–Crippen MR) is 57.4 cm³/mol. The van der Waals surface area contributed by atoms with E-state index < -0.39 is 0 Å². The number of phenolic OH excluding ortho intramolecular Hbond substituents is 1. The van der Waals surface area contributed by atoms with Crippen LogP contribution >= 0.6 is 0 Å². The second-order valence-electron chi connectivity index (χ2n) is 3.36. The second kappa shape index (κ2) is 4.13. The van der Waals surface area contributed by atoms with Crippen LogP contribution < -0.4 is 0 Å². The van der Waals surface area contributed by atoms with Crippen LogP contribution in [0.4, 0.5) is 0 Å². The lowest BCUT2D eigenvalue weighted by atomic mass is 10.1. The van der Waals surface area contributed by atoms with Gasteiger partial charge in [0.2, 0.25) is 0 Å². The van der Waals surface area contributed by atoms with Crippen LogP contribution in [0.15, 0.2) is 30.5 Å². The fraction of sp³-hybridized carbons (Fsp3) is 0.273. The third kappa shape index (κ3) is 1.83. The van der Waals surface area contributed by atoms with Crippen molar-refractivity contribution in [3.63, 3.8) is 0 Å². The third-order valence-electron chi connectivity index (χ3n) is 2.23. The summed E-state index contributed by atoms with van der Waals surface area (Å²) < 4.78 is 1.80. The molecule has 15 heavy (non-hydrogen) atoms. The SMILES string of the molecule is CCCn1nncc1-c1ccccc1O. The Labute approximate surface area is 88.2 Å². The number of rotatable bonds is 3. The van der Waals surface area contributed by atoms with Crippen molar-refractivity contribution in [2.75, 3.05) is 0 Å². The molecule has 1 heterocycles. The van der Waals surface area contributed by atoms with Crippen LogP contribution in [0.5, 0.6) is 5.75 Å². The molecular weight excluding hydrogens is 190 g/mol. The zero-order valence-electron chi connectivity index (χ0n) is 8.59. The van der Waals surface area contributed by atoms with Gasteiger partial charge < -0.3 is 5.11 Å². The minimum Gasteiger partial charge on any atom is -0.507 e. The fourth-order valence-electron chi connectivity index (χ4n) is 1.53. The summed E-state index contributed by atoms with van der Waals surface area (Å²) in [4.78, 5) is 0. The van der Waals surface area contributed by atoms with Crippen molar-refractivity contribution in [2.45, 2.75) is 19.9 Å². The topological polar surface area (TPSA) is 50.9 Å². The van der Waals surface area contributed by atoms with Crippen LogP contribution in [0.1, 0.15) is 13.3 Å². The largest absolute Gasteiger partial charge is 0.507 e. The number of hydrogen-bond acceptors (Lipinski definition) is 3. The molecule has 0 saturated carbocycles. The summed E-state index contributed by atoms with van der Waals surface area (Å²) in [7, 11) is 0. The Morgan fingerprint density at radius 2 is 2.13 bits per heavy atom. The first-order chi connectivity index (χ1) is 7.33. The summed E-state index contributed by atoms with van der Waals surface area (Å²) in [5, 5.41) is 17.5. The van der Waals surface area contributed by atoms with E-state index in [-0.39, 0.29) is 5.75 Å². The van der Waals surface area contributed by atoms with E-state index in [0.29, 0.717) is 0 Å². The van der Waals surface area contributed by atoms with Crippen molar-refractivity contribution < 1.29 is 5.11 Å². The molecule has 4 nitrogen and oxygen atoms in total. The summed E-state index contributed by atoms with van der Waals surface area (Å²) in [5.74, 6) is 0.261. The predicted octanol–water partition coefficient (Wildman–Crippen LogP) is 2.06. The molecule has 78 valence electrons. The summed E-state index contributed by atoms with van der Waals surface area (Å²) in [5.41, 5.74) is 1.63. The van der Waals surface area contributed by atoms with E-state index >= 15 is 0 Å². The van der Waals surface area contributed by atoms with E-state index in [9.17, 15) is 5.11 Å². The van der Waals surface area contributed by atoms with Gasteiger partial charge >= 0.3 is 0 Å². The molecule has 2 rings (SSSR count). The van der Waals surface area contributed by atoms with Gasteiger partial charge in [0.1, 0.15) is 5.75 Å². The smallest absolute Gasteiger partial charge is 0.125 e. The van der Waals surface area contributed by atoms with Crippen LogP contribution in [-0.2, 0) is 6.54 Å². The van der Waals surface area contributed by atoms with Crippen molar-refractivity contribution in [3.05, 3.63) is 30.5 Å². The second-order valence-corrected chi connectivity index (χ2v) is 3.36. The maximum absolute atomic E-state index is 9.71. The Balaban J connectivity index is 2.45. The number of para-hydroxylation sites is 1. The molecule has 0 fully saturated rings. The maximum atomic E-state index is 9.71. The van der Waals surface area contributed by atoms with Gasteiger partial charge in [-0.1, -0.05) is 24.3 Å². The molecule has 0 atom stereocenters. The molecule has 0 aliphatic carbocycles. The van der Waals surface area contributed by atoms with Gasteiger partial charge in [-0.2, -0.15) is 0 Å². The molecule has 0 unspecified atom stereocenters. The van der Waals surface area contributed by atoms with Gasteiger partial charge in [0.05, 0.1) is 11.9 Å². The third-order valence-corrected chi connectivity index (χ3v) is 2.23. The lowest BCUT2D eigenvalue weighted by molar-refractivity contribution is 0.476. The number of nitrogens with zero attached hydrogens (tertiary/aromatic N) is 3. The standard InChI is InChI=1S/C11H13N3O/c1-2-7-14-10(8-12-13-14)9-5-3-4-6-11(9)15/h3-6,8,15H,2,7H2,1H3. The van der Waals surface area contributed by atoms with E-state index in [0.717, 1.165) is 24.2 Å². The Morgan fingerprint density at radius 1 is 1.33 bits per heavy atom. The summed E-state index contributed by atoms with van der Waals surface area (Å²) in [6, 6.07) is 7.21. The maximum Gasteiger partial charge on any atom is 0.125 e. The Kier molecular flexibility index (Phi) is 2.67. The van der Waals surface area contributed by atoms with Crippen molar-refractivity contribution in [1.29, 1.82) is 0 Å². The van der Waals surface area contributed by atoms with Gasteiger partial charge in [-0.25, -0.2) is 4.68 Å². The highest BCUT2D eigenvalue weighted by Gasteiger charge is 2.09. The van der Waals surface area contributed by atoms with Crippen LogP contribution in [0.25, 0.3) is 11.3 Å². The first kappa shape index (κ1) is 9.71. The molecule has 0 saturated heterocycles. The first-order valence-electron chi connectivity index (χ1n) is 4.99. The molecule has 0 radical (unpaired) electrons. The summed E-state index contributed by atoms with van der Waals surface area (Å²) in [6.45, 7) is 2.89. The van der Waals surface area contributed by atoms with Crippen LogP contribution in [0, 0.1) is 0 Å². The van der Waals surface area contributed by atoms with Gasteiger partial charge in [-0.15, -0.1) is 5.10 Å². The average Bonchev–Trinajstić information content (AvgIpc) is 2.67. The Bertz CT molecular complexity index is 451. The van der Waals surface area contributed by atoms with Crippen LogP contribution in [0.2, 0.25) is 0 Å². The Morgan fingerprint density at radius 3 is 2.87 bits per heavy atom. The highest BCUT2D eigenvalue weighted by atomic mass is 16.3. The number of hydrogen-bond donors (Lipinski definition) is 1. The van der Waals surface area contributed by atoms with Crippen molar-refractivity contribution in [2.24, 2.45) is 0 Å². The summed E-state index contributed by atoms with van der Waals surface area (Å²) in [6.07, 6.45) is 2.66. The van der Waals surface area contributed by atoms with Gasteiger partial charge in [-0.05, 0) is 18.6 Å². The minimum atomic E-state index is 0.261. The fourth-order valence-corrected chi connectivity index (χ4v) is 1.53. The minimum absolute atomic E-state index is 0.261. The normalized spacial score (nSPS) is 10.5. The lowest BCUT2D eigenvalue weighted by Crippen LogP contribution is -2.01. The zero-order valence-corrected chi connectivity index (χ0v) is 8.59. The molecule has 0 aliphatic heterocycles. The molecule has 0 spiro atoms. The number of aromatic nitrogens is 3. The molecule has 0 bridgehead atoms. The molecule has 0 amide bonds. The highest BCUT2D eigenvalue weighted by Crippen LogP contribution is 2.27. The van der Waals surface area contributed by atoms with Gasteiger partial charge in [0.25, 0.3) is 0 Å². The number of aromatic hydroxyl groups is 1. The van der Waals surface area contributed by atoms with Crippen molar-refractivity contribution >= 4 is 0 Å².